The average molecular weight is 679 g/mol. The lowest BCUT2D eigenvalue weighted by atomic mass is 9.82. The lowest BCUT2D eigenvalue weighted by molar-refractivity contribution is 0.0577. The molecule has 0 aliphatic carbocycles. The Kier molecular flexibility index (Phi) is 10.8. The number of halogens is 4. The van der Waals surface area contributed by atoms with Crippen LogP contribution >= 0.6 is 11.6 Å². The van der Waals surface area contributed by atoms with Crippen LogP contribution in [0.15, 0.2) is 78.9 Å². The van der Waals surface area contributed by atoms with E-state index < -0.39 is 33.6 Å². The first-order chi connectivity index (χ1) is 22.8. The Morgan fingerprint density at radius 2 is 1.50 bits per heavy atom. The third kappa shape index (κ3) is 7.35. The molecule has 48 heavy (non-hydrogen) atoms. The zero-order valence-corrected chi connectivity index (χ0v) is 28.8. The standard InChI is InChI=1S/C39H42ClF3N2O3/c1-26-30(33(40)35(42)36(43)34(26)41)25-44(39(5,27-15-8-6-9-16-27)28-17-10-7-11-18-28)22-14-24-47-32-21-12-20-31-29(32)19-13-23-45(31)37(46)48-38(2,3)4/h6-12,15-18,20-21H,13-14,19,22-25H2,1-5H3. The third-order valence-corrected chi connectivity index (χ3v) is 9.32. The van der Waals surface area contributed by atoms with Crippen molar-refractivity contribution in [2.75, 3.05) is 24.6 Å². The predicted octanol–water partition coefficient (Wildman–Crippen LogP) is 9.99. The molecule has 0 aromatic heterocycles. The number of hydrogen-bond acceptors (Lipinski definition) is 4. The molecule has 1 amide bonds. The number of amides is 1. The summed E-state index contributed by atoms with van der Waals surface area (Å²) in [6.45, 7) is 10.4. The van der Waals surface area contributed by atoms with Crippen LogP contribution in [0.4, 0.5) is 23.7 Å². The van der Waals surface area contributed by atoms with Gasteiger partial charge in [-0.1, -0.05) is 78.3 Å². The topological polar surface area (TPSA) is 42.0 Å². The predicted molar refractivity (Wildman–Crippen MR) is 184 cm³/mol. The monoisotopic (exact) mass is 678 g/mol. The summed E-state index contributed by atoms with van der Waals surface area (Å²) < 4.78 is 56.0. The normalized spacial score (nSPS) is 13.4. The van der Waals surface area contributed by atoms with Gasteiger partial charge < -0.3 is 9.47 Å². The molecule has 0 atom stereocenters. The summed E-state index contributed by atoms with van der Waals surface area (Å²) in [5.74, 6) is -3.52. The van der Waals surface area contributed by atoms with Gasteiger partial charge in [-0.15, -0.1) is 0 Å². The minimum absolute atomic E-state index is 0.0333. The van der Waals surface area contributed by atoms with Gasteiger partial charge in [0.15, 0.2) is 17.5 Å². The maximum Gasteiger partial charge on any atom is 0.414 e. The highest BCUT2D eigenvalue weighted by Gasteiger charge is 2.37. The van der Waals surface area contributed by atoms with Gasteiger partial charge in [0.05, 0.1) is 22.9 Å². The Labute approximate surface area is 286 Å². The van der Waals surface area contributed by atoms with Crippen molar-refractivity contribution in [2.24, 2.45) is 0 Å². The van der Waals surface area contributed by atoms with Crippen LogP contribution < -0.4 is 9.64 Å². The molecule has 9 heteroatoms. The van der Waals surface area contributed by atoms with Crippen LogP contribution in [0, 0.1) is 24.4 Å². The number of anilines is 1. The van der Waals surface area contributed by atoms with Gasteiger partial charge in [-0.05, 0) is 88.3 Å². The van der Waals surface area contributed by atoms with E-state index in [0.29, 0.717) is 31.9 Å². The maximum atomic E-state index is 14.9. The lowest BCUT2D eigenvalue weighted by Crippen LogP contribution is -2.45. The summed E-state index contributed by atoms with van der Waals surface area (Å²) >= 11 is 6.37. The van der Waals surface area contributed by atoms with Crippen molar-refractivity contribution in [1.29, 1.82) is 0 Å². The quantitative estimate of drug-likeness (QED) is 0.0951. The fourth-order valence-electron chi connectivity index (χ4n) is 6.36. The van der Waals surface area contributed by atoms with Crippen LogP contribution in [0.5, 0.6) is 5.75 Å². The Morgan fingerprint density at radius 1 is 0.875 bits per heavy atom. The average Bonchev–Trinajstić information content (AvgIpc) is 3.08. The van der Waals surface area contributed by atoms with Gasteiger partial charge in [0.25, 0.3) is 0 Å². The van der Waals surface area contributed by atoms with Crippen molar-refractivity contribution >= 4 is 23.4 Å². The molecule has 0 spiro atoms. The number of ether oxygens (including phenoxy) is 2. The molecule has 4 aromatic rings. The van der Waals surface area contributed by atoms with E-state index in [1.165, 1.54) is 6.92 Å². The molecule has 1 heterocycles. The molecule has 4 aromatic carbocycles. The van der Waals surface area contributed by atoms with E-state index >= 15 is 0 Å². The molecule has 254 valence electrons. The van der Waals surface area contributed by atoms with E-state index in [-0.39, 0.29) is 23.8 Å². The van der Waals surface area contributed by atoms with Gasteiger partial charge in [0, 0.05) is 25.2 Å². The number of hydrogen-bond donors (Lipinski definition) is 0. The van der Waals surface area contributed by atoms with Crippen LogP contribution in [0.2, 0.25) is 5.02 Å². The summed E-state index contributed by atoms with van der Waals surface area (Å²) in [5, 5.41) is -0.429. The van der Waals surface area contributed by atoms with Crippen molar-refractivity contribution in [2.45, 2.75) is 71.6 Å². The number of rotatable bonds is 10. The molecule has 5 rings (SSSR count). The van der Waals surface area contributed by atoms with Crippen molar-refractivity contribution in [3.8, 4) is 5.75 Å². The first kappa shape index (κ1) is 35.3. The van der Waals surface area contributed by atoms with Crippen molar-refractivity contribution in [1.82, 2.24) is 4.90 Å². The Morgan fingerprint density at radius 3 is 2.10 bits per heavy atom. The van der Waals surface area contributed by atoms with E-state index in [1.54, 1.807) is 4.90 Å². The van der Waals surface area contributed by atoms with Crippen LogP contribution in [0.25, 0.3) is 0 Å². The van der Waals surface area contributed by atoms with E-state index in [2.05, 4.69) is 11.8 Å². The fourth-order valence-corrected chi connectivity index (χ4v) is 6.64. The summed E-state index contributed by atoms with van der Waals surface area (Å²) in [5.41, 5.74) is 2.43. The zero-order valence-electron chi connectivity index (χ0n) is 28.1. The first-order valence-electron chi connectivity index (χ1n) is 16.3. The molecular formula is C39H42ClF3N2O3. The van der Waals surface area contributed by atoms with E-state index in [1.807, 2.05) is 99.6 Å². The van der Waals surface area contributed by atoms with E-state index in [9.17, 15) is 18.0 Å². The summed E-state index contributed by atoms with van der Waals surface area (Å²) in [6, 6.07) is 25.4. The molecule has 0 unspecified atom stereocenters. The molecule has 5 nitrogen and oxygen atoms in total. The lowest BCUT2D eigenvalue weighted by Gasteiger charge is -2.43. The summed E-state index contributed by atoms with van der Waals surface area (Å²) in [4.78, 5) is 16.8. The number of benzene rings is 4. The van der Waals surface area contributed by atoms with Crippen LogP contribution in [-0.4, -0.2) is 36.3 Å². The molecule has 0 saturated heterocycles. The smallest absolute Gasteiger partial charge is 0.414 e. The summed E-state index contributed by atoms with van der Waals surface area (Å²) in [6.07, 6.45) is 1.69. The number of carbonyl (C=O) groups excluding carboxylic acids is 1. The zero-order chi connectivity index (χ0) is 34.6. The van der Waals surface area contributed by atoms with Crippen molar-refractivity contribution < 1.29 is 27.4 Å². The van der Waals surface area contributed by atoms with Gasteiger partial charge in [-0.2, -0.15) is 0 Å². The molecule has 1 aliphatic heterocycles. The van der Waals surface area contributed by atoms with Crippen LogP contribution in [-0.2, 0) is 23.2 Å². The molecule has 0 N–H and O–H groups in total. The van der Waals surface area contributed by atoms with Gasteiger partial charge in [0.1, 0.15) is 11.4 Å². The highest BCUT2D eigenvalue weighted by molar-refractivity contribution is 6.31. The van der Waals surface area contributed by atoms with Gasteiger partial charge in [0.2, 0.25) is 0 Å². The number of carbonyl (C=O) groups is 1. The van der Waals surface area contributed by atoms with Crippen LogP contribution in [0.3, 0.4) is 0 Å². The maximum absolute atomic E-state index is 14.9. The second-order valence-electron chi connectivity index (χ2n) is 13.3. The highest BCUT2D eigenvalue weighted by Crippen LogP contribution is 2.40. The third-order valence-electron chi connectivity index (χ3n) is 8.93. The minimum atomic E-state index is -1.58. The largest absolute Gasteiger partial charge is 0.493 e. The molecule has 0 saturated carbocycles. The minimum Gasteiger partial charge on any atom is -0.493 e. The molecule has 0 radical (unpaired) electrons. The Balaban J connectivity index is 1.44. The molecule has 0 fully saturated rings. The van der Waals surface area contributed by atoms with Crippen LogP contribution in [0.1, 0.15) is 68.4 Å². The van der Waals surface area contributed by atoms with Gasteiger partial charge in [-0.3, -0.25) is 9.80 Å². The Bertz CT molecular complexity index is 1680. The summed E-state index contributed by atoms with van der Waals surface area (Å²) in [7, 11) is 0. The SMILES string of the molecule is Cc1c(F)c(F)c(F)c(Cl)c1CN(CCCOc1cccc2c1CCCN2C(=O)OC(C)(C)C)C(C)(c1ccccc1)c1ccccc1. The first-order valence-corrected chi connectivity index (χ1v) is 16.6. The van der Waals surface area contributed by atoms with Gasteiger partial charge in [-0.25, -0.2) is 18.0 Å². The van der Waals surface area contributed by atoms with E-state index in [4.69, 9.17) is 21.1 Å². The van der Waals surface area contributed by atoms with Gasteiger partial charge >= 0.3 is 6.09 Å². The molecular weight excluding hydrogens is 637 g/mol. The Hall–Kier alpha value is -4.01. The fraction of sp³-hybridized carbons (Fsp3) is 0.359. The second kappa shape index (κ2) is 14.6. The molecule has 1 aliphatic rings. The van der Waals surface area contributed by atoms with E-state index in [0.717, 1.165) is 35.2 Å². The molecule has 0 bridgehead atoms. The number of fused-ring (bicyclic) bond motifs is 1. The second-order valence-corrected chi connectivity index (χ2v) is 13.7. The van der Waals surface area contributed by atoms with Crippen molar-refractivity contribution in [3.63, 3.8) is 0 Å². The highest BCUT2D eigenvalue weighted by atomic mass is 35.5. The van der Waals surface area contributed by atoms with Crippen molar-refractivity contribution in [3.05, 3.63) is 129 Å². The number of nitrogens with zero attached hydrogens (tertiary/aromatic N) is 2.